The molecule has 1 unspecified atom stereocenters. The van der Waals surface area contributed by atoms with E-state index in [9.17, 15) is 0 Å². The monoisotopic (exact) mass is 227 g/mol. The second-order valence-corrected chi connectivity index (χ2v) is 4.18. The minimum atomic E-state index is -0.498. The molecule has 5 heteroatoms. The largest absolute Gasteiger partial charge is 0.368 e. The van der Waals surface area contributed by atoms with Crippen LogP contribution in [0.25, 0.3) is 0 Å². The number of hydrogen-bond donors (Lipinski definition) is 1. The van der Waals surface area contributed by atoms with E-state index in [1.54, 1.807) is 0 Å². The number of nitrogens with one attached hydrogen (secondary N) is 1. The first-order valence-electron chi connectivity index (χ1n) is 5.72. The van der Waals surface area contributed by atoms with Gasteiger partial charge in [0.25, 0.3) is 0 Å². The number of hydrogen-bond acceptors (Lipinski definition) is 5. The molecule has 0 aliphatic heterocycles. The highest BCUT2D eigenvalue weighted by molar-refractivity contribution is 4.99. The second-order valence-electron chi connectivity index (χ2n) is 4.18. The fourth-order valence-electron chi connectivity index (χ4n) is 1.47. The molecule has 0 fully saturated rings. The van der Waals surface area contributed by atoms with Gasteiger partial charge in [-0.3, -0.25) is 0 Å². The van der Waals surface area contributed by atoms with Gasteiger partial charge in [0.05, 0.1) is 6.04 Å². The van der Waals surface area contributed by atoms with Gasteiger partial charge in [0, 0.05) is 6.61 Å². The van der Waals surface area contributed by atoms with Crippen molar-refractivity contribution in [3.05, 3.63) is 11.7 Å². The topological polar surface area (TPSA) is 60.2 Å². The average molecular weight is 227 g/mol. The van der Waals surface area contributed by atoms with Crippen molar-refractivity contribution in [2.45, 2.75) is 46.3 Å². The molecule has 0 amide bonds. The van der Waals surface area contributed by atoms with E-state index in [4.69, 9.17) is 9.26 Å². The van der Waals surface area contributed by atoms with Crippen molar-refractivity contribution in [2.75, 3.05) is 13.2 Å². The van der Waals surface area contributed by atoms with Crippen LogP contribution in [-0.4, -0.2) is 23.3 Å². The fourth-order valence-corrected chi connectivity index (χ4v) is 1.47. The maximum Gasteiger partial charge on any atom is 0.243 e. The lowest BCUT2D eigenvalue weighted by molar-refractivity contribution is -0.0221. The molecule has 1 aromatic heterocycles. The second kappa shape index (κ2) is 5.41. The van der Waals surface area contributed by atoms with Gasteiger partial charge >= 0.3 is 0 Å². The van der Waals surface area contributed by atoms with Gasteiger partial charge in [0.1, 0.15) is 5.60 Å². The predicted octanol–water partition coefficient (Wildman–Crippen LogP) is 2.01. The fraction of sp³-hybridized carbons (Fsp3) is 0.818. The summed E-state index contributed by atoms with van der Waals surface area (Å²) in [6.07, 6.45) is 0. The Labute approximate surface area is 96.6 Å². The van der Waals surface area contributed by atoms with Gasteiger partial charge in [-0.05, 0) is 34.2 Å². The van der Waals surface area contributed by atoms with E-state index in [1.165, 1.54) is 0 Å². The Morgan fingerprint density at radius 3 is 2.69 bits per heavy atom. The Morgan fingerprint density at radius 2 is 2.12 bits per heavy atom. The maximum atomic E-state index is 5.56. The molecule has 0 aliphatic rings. The predicted molar refractivity (Wildman–Crippen MR) is 61.0 cm³/mol. The summed E-state index contributed by atoms with van der Waals surface area (Å²) in [6, 6.07) is 0.0728. The summed E-state index contributed by atoms with van der Waals surface area (Å²) < 4.78 is 10.8. The summed E-state index contributed by atoms with van der Waals surface area (Å²) in [5, 5.41) is 7.18. The Balaban J connectivity index is 2.78. The smallest absolute Gasteiger partial charge is 0.243 e. The molecular weight excluding hydrogens is 206 g/mol. The molecule has 1 N–H and O–H groups in total. The third kappa shape index (κ3) is 3.02. The maximum absolute atomic E-state index is 5.56. The van der Waals surface area contributed by atoms with Crippen LogP contribution in [0.2, 0.25) is 0 Å². The van der Waals surface area contributed by atoms with E-state index < -0.39 is 5.60 Å². The molecule has 92 valence electrons. The van der Waals surface area contributed by atoms with E-state index in [0.29, 0.717) is 18.3 Å². The van der Waals surface area contributed by atoms with Crippen LogP contribution < -0.4 is 5.32 Å². The zero-order valence-electron chi connectivity index (χ0n) is 10.7. The standard InChI is InChI=1S/C11H21N3O2/c1-6-12-8(3)9-13-10(14-16-9)11(4,5)15-7-2/h8,12H,6-7H2,1-5H3. The average Bonchev–Trinajstić information content (AvgIpc) is 2.67. The molecular formula is C11H21N3O2. The number of aromatic nitrogens is 2. The number of ether oxygens (including phenoxy) is 1. The van der Waals surface area contributed by atoms with Crippen LogP contribution in [-0.2, 0) is 10.3 Å². The quantitative estimate of drug-likeness (QED) is 0.805. The van der Waals surface area contributed by atoms with Crippen molar-refractivity contribution in [3.8, 4) is 0 Å². The zero-order valence-corrected chi connectivity index (χ0v) is 10.7. The third-order valence-electron chi connectivity index (χ3n) is 2.37. The Kier molecular flexibility index (Phi) is 4.44. The van der Waals surface area contributed by atoms with E-state index in [0.717, 1.165) is 6.54 Å². The van der Waals surface area contributed by atoms with Gasteiger partial charge in [0.15, 0.2) is 0 Å². The Morgan fingerprint density at radius 1 is 1.44 bits per heavy atom. The highest BCUT2D eigenvalue weighted by Gasteiger charge is 2.28. The van der Waals surface area contributed by atoms with E-state index in [1.807, 2.05) is 34.6 Å². The molecule has 0 saturated carbocycles. The number of rotatable bonds is 6. The Bertz CT molecular complexity index is 323. The molecule has 1 aromatic rings. The molecule has 0 spiro atoms. The van der Waals surface area contributed by atoms with E-state index in [2.05, 4.69) is 15.5 Å². The van der Waals surface area contributed by atoms with Gasteiger partial charge in [-0.2, -0.15) is 4.98 Å². The van der Waals surface area contributed by atoms with Crippen molar-refractivity contribution >= 4 is 0 Å². The molecule has 0 bridgehead atoms. The van der Waals surface area contributed by atoms with Crippen molar-refractivity contribution in [2.24, 2.45) is 0 Å². The van der Waals surface area contributed by atoms with Crippen LogP contribution in [0.15, 0.2) is 4.52 Å². The van der Waals surface area contributed by atoms with Gasteiger partial charge in [-0.1, -0.05) is 12.1 Å². The minimum Gasteiger partial charge on any atom is -0.368 e. The van der Waals surface area contributed by atoms with Crippen LogP contribution >= 0.6 is 0 Å². The molecule has 5 nitrogen and oxygen atoms in total. The highest BCUT2D eigenvalue weighted by Crippen LogP contribution is 2.22. The van der Waals surface area contributed by atoms with Crippen LogP contribution in [0, 0.1) is 0 Å². The van der Waals surface area contributed by atoms with Gasteiger partial charge in [-0.15, -0.1) is 0 Å². The third-order valence-corrected chi connectivity index (χ3v) is 2.37. The zero-order chi connectivity index (χ0) is 12.2. The lowest BCUT2D eigenvalue weighted by Gasteiger charge is -2.19. The van der Waals surface area contributed by atoms with Gasteiger partial charge in [-0.25, -0.2) is 0 Å². The minimum absolute atomic E-state index is 0.0728. The molecule has 16 heavy (non-hydrogen) atoms. The summed E-state index contributed by atoms with van der Waals surface area (Å²) in [7, 11) is 0. The van der Waals surface area contributed by atoms with Gasteiger partial charge < -0.3 is 14.6 Å². The summed E-state index contributed by atoms with van der Waals surface area (Å²) in [6.45, 7) is 11.3. The Hall–Kier alpha value is -0.940. The molecule has 0 aromatic carbocycles. The molecule has 1 rings (SSSR count). The van der Waals surface area contributed by atoms with Gasteiger partial charge in [0.2, 0.25) is 11.7 Å². The molecule has 0 aliphatic carbocycles. The first kappa shape index (κ1) is 13.1. The summed E-state index contributed by atoms with van der Waals surface area (Å²) in [5.41, 5.74) is -0.498. The van der Waals surface area contributed by atoms with Crippen LogP contribution in [0.4, 0.5) is 0 Å². The SMILES string of the molecule is CCNC(C)c1nc(C(C)(C)OCC)no1. The van der Waals surface area contributed by atoms with E-state index >= 15 is 0 Å². The van der Waals surface area contributed by atoms with Crippen LogP contribution in [0.3, 0.4) is 0 Å². The molecule has 1 heterocycles. The van der Waals surface area contributed by atoms with Crippen molar-refractivity contribution in [3.63, 3.8) is 0 Å². The lowest BCUT2D eigenvalue weighted by atomic mass is 10.1. The highest BCUT2D eigenvalue weighted by atomic mass is 16.5. The van der Waals surface area contributed by atoms with Crippen LogP contribution in [0.1, 0.15) is 52.4 Å². The molecule has 1 atom stereocenters. The number of nitrogens with zero attached hydrogens (tertiary/aromatic N) is 2. The summed E-state index contributed by atoms with van der Waals surface area (Å²) >= 11 is 0. The van der Waals surface area contributed by atoms with Crippen molar-refractivity contribution in [1.29, 1.82) is 0 Å². The van der Waals surface area contributed by atoms with E-state index in [-0.39, 0.29) is 6.04 Å². The first-order chi connectivity index (χ1) is 7.51. The molecule has 0 saturated heterocycles. The first-order valence-corrected chi connectivity index (χ1v) is 5.72. The van der Waals surface area contributed by atoms with Crippen molar-refractivity contribution in [1.82, 2.24) is 15.5 Å². The summed E-state index contributed by atoms with van der Waals surface area (Å²) in [5.74, 6) is 1.19. The molecule has 0 radical (unpaired) electrons. The summed E-state index contributed by atoms with van der Waals surface area (Å²) in [4.78, 5) is 4.35. The van der Waals surface area contributed by atoms with Crippen LogP contribution in [0.5, 0.6) is 0 Å². The van der Waals surface area contributed by atoms with Crippen molar-refractivity contribution < 1.29 is 9.26 Å². The lowest BCUT2D eigenvalue weighted by Crippen LogP contribution is -2.24. The normalized spacial score (nSPS) is 14.1.